The molecule has 7 nitrogen and oxygen atoms in total. The molecule has 0 aliphatic rings. The lowest BCUT2D eigenvalue weighted by molar-refractivity contribution is -0.114. The molecule has 0 atom stereocenters. The number of para-hydroxylation sites is 2. The molecule has 1 heterocycles. The molecule has 0 fully saturated rings. The van der Waals surface area contributed by atoms with E-state index in [0.29, 0.717) is 23.1 Å². The molecular weight excluding hydrogens is 366 g/mol. The van der Waals surface area contributed by atoms with Gasteiger partial charge in [-0.3, -0.25) is 4.79 Å². The van der Waals surface area contributed by atoms with Crippen LogP contribution in [-0.4, -0.2) is 22.0 Å². The largest absolute Gasteiger partial charge is 0.489 e. The Morgan fingerprint density at radius 3 is 2.34 bits per heavy atom. The highest BCUT2D eigenvalue weighted by Crippen LogP contribution is 2.29. The fraction of sp³-hybridized carbons (Fsp3) is 0.227. The molecule has 3 aromatic rings. The second-order valence-electron chi connectivity index (χ2n) is 6.86. The van der Waals surface area contributed by atoms with Crippen molar-refractivity contribution in [3.05, 3.63) is 60.4 Å². The fourth-order valence-corrected chi connectivity index (χ4v) is 2.79. The second kappa shape index (κ2) is 9.05. The molecule has 0 saturated carbocycles. The van der Waals surface area contributed by atoms with E-state index in [2.05, 4.69) is 25.9 Å². The van der Waals surface area contributed by atoms with Crippen LogP contribution < -0.4 is 20.7 Å². The van der Waals surface area contributed by atoms with Crippen molar-refractivity contribution in [1.29, 1.82) is 0 Å². The number of anilines is 5. The molecule has 7 heteroatoms. The molecular formula is C22H25N5O2. The predicted octanol–water partition coefficient (Wildman–Crippen LogP) is 5.02. The normalized spacial score (nSPS) is 10.5. The molecule has 3 N–H and O–H groups in total. The highest BCUT2D eigenvalue weighted by molar-refractivity contribution is 5.89. The zero-order chi connectivity index (χ0) is 20.8. The number of nitrogens with one attached hydrogen (secondary N) is 3. The third-order valence-electron chi connectivity index (χ3n) is 3.81. The monoisotopic (exact) mass is 391 g/mol. The third-order valence-corrected chi connectivity index (χ3v) is 3.81. The highest BCUT2D eigenvalue weighted by atomic mass is 16.5. The first-order valence-corrected chi connectivity index (χ1v) is 9.42. The number of aryl methyl sites for hydroxylation is 1. The van der Waals surface area contributed by atoms with E-state index in [1.54, 1.807) is 0 Å². The molecule has 0 saturated heterocycles. The molecule has 3 rings (SSSR count). The van der Waals surface area contributed by atoms with Crippen LogP contribution in [0.15, 0.2) is 54.6 Å². The summed E-state index contributed by atoms with van der Waals surface area (Å²) in [4.78, 5) is 20.2. The lowest BCUT2D eigenvalue weighted by Crippen LogP contribution is -2.08. The van der Waals surface area contributed by atoms with Gasteiger partial charge in [0.25, 0.3) is 0 Å². The van der Waals surface area contributed by atoms with Crippen molar-refractivity contribution in [2.45, 2.75) is 33.8 Å². The Morgan fingerprint density at radius 2 is 1.62 bits per heavy atom. The van der Waals surface area contributed by atoms with Gasteiger partial charge in [0.2, 0.25) is 5.91 Å². The summed E-state index contributed by atoms with van der Waals surface area (Å²) in [6.45, 7) is 7.29. The van der Waals surface area contributed by atoms with Gasteiger partial charge in [-0.2, -0.15) is 0 Å². The Hall–Kier alpha value is -3.61. The summed E-state index contributed by atoms with van der Waals surface area (Å²) in [6, 6.07) is 17.0. The Kier molecular flexibility index (Phi) is 6.29. The molecule has 0 aliphatic heterocycles. The number of hydrogen-bond acceptors (Lipinski definition) is 6. The Morgan fingerprint density at radius 1 is 0.931 bits per heavy atom. The summed E-state index contributed by atoms with van der Waals surface area (Å²) >= 11 is 0. The number of carbonyl (C=O) groups excluding carboxylic acids is 1. The predicted molar refractivity (Wildman–Crippen MR) is 116 cm³/mol. The van der Waals surface area contributed by atoms with Crippen LogP contribution in [0.4, 0.5) is 28.7 Å². The van der Waals surface area contributed by atoms with Gasteiger partial charge in [-0.05, 0) is 51.1 Å². The van der Waals surface area contributed by atoms with E-state index in [1.165, 1.54) is 6.92 Å². The maximum atomic E-state index is 11.3. The van der Waals surface area contributed by atoms with Crippen LogP contribution in [0.3, 0.4) is 0 Å². The number of carbonyl (C=O) groups is 1. The average molecular weight is 391 g/mol. The molecule has 29 heavy (non-hydrogen) atoms. The fourth-order valence-electron chi connectivity index (χ4n) is 2.79. The summed E-state index contributed by atoms with van der Waals surface area (Å²) < 4.78 is 5.86. The number of benzene rings is 2. The third kappa shape index (κ3) is 5.93. The molecule has 0 unspecified atom stereocenters. The minimum absolute atomic E-state index is 0.0678. The quantitative estimate of drug-likeness (QED) is 0.524. The van der Waals surface area contributed by atoms with E-state index in [0.717, 1.165) is 17.1 Å². The zero-order valence-corrected chi connectivity index (χ0v) is 17.0. The van der Waals surface area contributed by atoms with Crippen molar-refractivity contribution < 1.29 is 9.53 Å². The van der Waals surface area contributed by atoms with Crippen molar-refractivity contribution in [3.63, 3.8) is 0 Å². The van der Waals surface area contributed by atoms with Gasteiger partial charge >= 0.3 is 0 Å². The Labute approximate surface area is 170 Å². The maximum Gasteiger partial charge on any atom is 0.221 e. The molecule has 2 aromatic carbocycles. The topological polar surface area (TPSA) is 88.2 Å². The minimum Gasteiger partial charge on any atom is -0.489 e. The van der Waals surface area contributed by atoms with Gasteiger partial charge in [0.05, 0.1) is 11.8 Å². The summed E-state index contributed by atoms with van der Waals surface area (Å²) in [6.07, 6.45) is 0.0678. The van der Waals surface area contributed by atoms with E-state index in [-0.39, 0.29) is 12.0 Å². The van der Waals surface area contributed by atoms with Gasteiger partial charge in [0.15, 0.2) is 0 Å². The first-order chi connectivity index (χ1) is 13.9. The summed E-state index contributed by atoms with van der Waals surface area (Å²) in [7, 11) is 0. The molecule has 150 valence electrons. The van der Waals surface area contributed by atoms with Crippen LogP contribution in [0.5, 0.6) is 5.75 Å². The molecule has 0 spiro atoms. The average Bonchev–Trinajstić information content (AvgIpc) is 2.62. The van der Waals surface area contributed by atoms with Crippen molar-refractivity contribution in [3.8, 4) is 5.75 Å². The van der Waals surface area contributed by atoms with E-state index in [1.807, 2.05) is 75.4 Å². The van der Waals surface area contributed by atoms with Crippen LogP contribution in [0, 0.1) is 6.92 Å². The first-order valence-electron chi connectivity index (χ1n) is 9.42. The highest BCUT2D eigenvalue weighted by Gasteiger charge is 2.08. The summed E-state index contributed by atoms with van der Waals surface area (Å²) in [5, 5.41) is 9.34. The Bertz CT molecular complexity index is 1000. The van der Waals surface area contributed by atoms with E-state index in [4.69, 9.17) is 4.74 Å². The molecule has 0 bridgehead atoms. The van der Waals surface area contributed by atoms with Crippen LogP contribution in [0.2, 0.25) is 0 Å². The zero-order valence-electron chi connectivity index (χ0n) is 17.0. The molecule has 0 aliphatic carbocycles. The molecule has 1 aromatic heterocycles. The van der Waals surface area contributed by atoms with Crippen LogP contribution in [-0.2, 0) is 4.79 Å². The minimum atomic E-state index is -0.117. The van der Waals surface area contributed by atoms with Crippen LogP contribution in [0.25, 0.3) is 0 Å². The SMILES string of the molecule is CC(=O)Nc1cccc(Nc2cc(Nc3ccccc3OC(C)C)nc(C)n2)c1. The number of hydrogen-bond donors (Lipinski definition) is 3. The van der Waals surface area contributed by atoms with Crippen molar-refractivity contribution in [2.75, 3.05) is 16.0 Å². The van der Waals surface area contributed by atoms with Gasteiger partial charge in [-0.15, -0.1) is 0 Å². The molecule has 0 radical (unpaired) electrons. The van der Waals surface area contributed by atoms with Crippen LogP contribution in [0.1, 0.15) is 26.6 Å². The number of amides is 1. The van der Waals surface area contributed by atoms with E-state index >= 15 is 0 Å². The molecule has 1 amide bonds. The first kappa shape index (κ1) is 20.1. The van der Waals surface area contributed by atoms with Gasteiger partial charge in [-0.25, -0.2) is 9.97 Å². The van der Waals surface area contributed by atoms with E-state index in [9.17, 15) is 4.79 Å². The lowest BCUT2D eigenvalue weighted by atomic mass is 10.2. The number of nitrogens with zero attached hydrogens (tertiary/aromatic N) is 2. The summed E-state index contributed by atoms with van der Waals surface area (Å²) in [5.41, 5.74) is 2.35. The number of ether oxygens (including phenoxy) is 1. The van der Waals surface area contributed by atoms with Gasteiger partial charge < -0.3 is 20.7 Å². The maximum absolute atomic E-state index is 11.3. The van der Waals surface area contributed by atoms with Crippen LogP contribution >= 0.6 is 0 Å². The van der Waals surface area contributed by atoms with E-state index < -0.39 is 0 Å². The van der Waals surface area contributed by atoms with Gasteiger partial charge in [0.1, 0.15) is 23.2 Å². The van der Waals surface area contributed by atoms with Crippen molar-refractivity contribution >= 4 is 34.6 Å². The van der Waals surface area contributed by atoms with Gasteiger partial charge in [-0.1, -0.05) is 18.2 Å². The Balaban J connectivity index is 1.82. The second-order valence-corrected chi connectivity index (χ2v) is 6.86. The van der Waals surface area contributed by atoms with Gasteiger partial charge in [0, 0.05) is 24.4 Å². The summed E-state index contributed by atoms with van der Waals surface area (Å²) in [5.74, 6) is 2.56. The lowest BCUT2D eigenvalue weighted by Gasteiger charge is -2.16. The number of rotatable bonds is 7. The number of aromatic nitrogens is 2. The standard InChI is InChI=1S/C22H25N5O2/c1-14(2)29-20-11-6-5-10-19(20)27-22-13-21(23-15(3)24-22)26-18-9-7-8-17(12-18)25-16(4)28/h5-14H,1-4H3,(H,25,28)(H2,23,24,26,27). The van der Waals surface area contributed by atoms with Crippen molar-refractivity contribution in [1.82, 2.24) is 9.97 Å². The van der Waals surface area contributed by atoms with Crippen molar-refractivity contribution in [2.24, 2.45) is 0 Å². The smallest absolute Gasteiger partial charge is 0.221 e.